The van der Waals surface area contributed by atoms with E-state index in [1.165, 1.54) is 4.90 Å². The standard InChI is InChI=1S/C14H18F2N2O2/c1-2-20-9-4-3-5-18(8-9)14(19)10-6-13(17)12(16)7-11(10)15/h6-7,9H,2-5,8,17H2,1H3. The van der Waals surface area contributed by atoms with Gasteiger partial charge in [0.1, 0.15) is 11.6 Å². The number of benzene rings is 1. The van der Waals surface area contributed by atoms with Gasteiger partial charge in [0.15, 0.2) is 0 Å². The van der Waals surface area contributed by atoms with Crippen molar-refractivity contribution in [1.82, 2.24) is 4.90 Å². The van der Waals surface area contributed by atoms with Crippen molar-refractivity contribution in [3.63, 3.8) is 0 Å². The zero-order valence-corrected chi connectivity index (χ0v) is 11.4. The van der Waals surface area contributed by atoms with E-state index in [4.69, 9.17) is 10.5 Å². The second-order valence-corrected chi connectivity index (χ2v) is 4.82. The van der Waals surface area contributed by atoms with Gasteiger partial charge in [-0.1, -0.05) is 0 Å². The maximum Gasteiger partial charge on any atom is 0.256 e. The normalized spacial score (nSPS) is 19.1. The summed E-state index contributed by atoms with van der Waals surface area (Å²) in [5.74, 6) is -2.22. The molecule has 2 N–H and O–H groups in total. The number of ether oxygens (including phenoxy) is 1. The Bertz CT molecular complexity index is 506. The van der Waals surface area contributed by atoms with Gasteiger partial charge < -0.3 is 15.4 Å². The molecule has 0 spiro atoms. The molecule has 1 atom stereocenters. The summed E-state index contributed by atoms with van der Waals surface area (Å²) in [6.07, 6.45) is 1.65. The van der Waals surface area contributed by atoms with Gasteiger partial charge in [0.2, 0.25) is 0 Å². The molecule has 2 rings (SSSR count). The van der Waals surface area contributed by atoms with Crippen molar-refractivity contribution in [2.24, 2.45) is 0 Å². The lowest BCUT2D eigenvalue weighted by Gasteiger charge is -2.32. The summed E-state index contributed by atoms with van der Waals surface area (Å²) < 4.78 is 32.3. The molecular weight excluding hydrogens is 266 g/mol. The number of halogens is 2. The van der Waals surface area contributed by atoms with Crippen molar-refractivity contribution in [1.29, 1.82) is 0 Å². The first-order valence-electron chi connectivity index (χ1n) is 6.68. The Hall–Kier alpha value is -1.69. The predicted molar refractivity (Wildman–Crippen MR) is 71.3 cm³/mol. The van der Waals surface area contributed by atoms with Gasteiger partial charge in [-0.15, -0.1) is 0 Å². The van der Waals surface area contributed by atoms with E-state index in [0.717, 1.165) is 18.9 Å². The van der Waals surface area contributed by atoms with Crippen LogP contribution in [0.3, 0.4) is 0 Å². The second-order valence-electron chi connectivity index (χ2n) is 4.82. The topological polar surface area (TPSA) is 55.6 Å². The number of hydrogen-bond acceptors (Lipinski definition) is 3. The van der Waals surface area contributed by atoms with Gasteiger partial charge in [0.05, 0.1) is 17.4 Å². The molecule has 110 valence electrons. The molecule has 1 aliphatic rings. The highest BCUT2D eigenvalue weighted by Crippen LogP contribution is 2.21. The SMILES string of the molecule is CCOC1CCCN(C(=O)c2cc(N)c(F)cc2F)C1. The number of rotatable bonds is 3. The van der Waals surface area contributed by atoms with Crippen molar-refractivity contribution >= 4 is 11.6 Å². The predicted octanol–water partition coefficient (Wildman–Crippen LogP) is 2.19. The molecule has 1 heterocycles. The van der Waals surface area contributed by atoms with E-state index < -0.39 is 17.5 Å². The summed E-state index contributed by atoms with van der Waals surface area (Å²) in [5.41, 5.74) is 4.97. The molecule has 0 radical (unpaired) electrons. The van der Waals surface area contributed by atoms with Crippen LogP contribution in [0, 0.1) is 11.6 Å². The Labute approximate surface area is 116 Å². The molecule has 6 heteroatoms. The van der Waals surface area contributed by atoms with Gasteiger partial charge in [-0.05, 0) is 25.8 Å². The number of carbonyl (C=O) groups is 1. The van der Waals surface area contributed by atoms with Crippen LogP contribution in [0.2, 0.25) is 0 Å². The Morgan fingerprint density at radius 1 is 1.45 bits per heavy atom. The molecule has 1 aromatic rings. The monoisotopic (exact) mass is 284 g/mol. The van der Waals surface area contributed by atoms with Crippen LogP contribution in [-0.4, -0.2) is 36.6 Å². The summed E-state index contributed by atoms with van der Waals surface area (Å²) in [5, 5.41) is 0. The highest BCUT2D eigenvalue weighted by atomic mass is 19.1. The summed E-state index contributed by atoms with van der Waals surface area (Å²) in [7, 11) is 0. The van der Waals surface area contributed by atoms with Crippen LogP contribution < -0.4 is 5.73 Å². The van der Waals surface area contributed by atoms with Gasteiger partial charge in [0, 0.05) is 25.8 Å². The van der Waals surface area contributed by atoms with Crippen molar-refractivity contribution in [3.05, 3.63) is 29.3 Å². The van der Waals surface area contributed by atoms with E-state index in [1.54, 1.807) is 0 Å². The fourth-order valence-electron chi connectivity index (χ4n) is 2.39. The summed E-state index contributed by atoms with van der Waals surface area (Å²) in [6.45, 7) is 3.42. The van der Waals surface area contributed by atoms with E-state index in [9.17, 15) is 13.6 Å². The number of carbonyl (C=O) groups excluding carboxylic acids is 1. The van der Waals surface area contributed by atoms with E-state index >= 15 is 0 Å². The fraction of sp³-hybridized carbons (Fsp3) is 0.500. The smallest absolute Gasteiger partial charge is 0.256 e. The number of amides is 1. The van der Waals surface area contributed by atoms with Crippen molar-refractivity contribution < 1.29 is 18.3 Å². The maximum atomic E-state index is 13.7. The Morgan fingerprint density at radius 3 is 2.90 bits per heavy atom. The summed E-state index contributed by atoms with van der Waals surface area (Å²) in [6, 6.07) is 1.70. The first kappa shape index (κ1) is 14.7. The third kappa shape index (κ3) is 3.07. The number of nitrogens with two attached hydrogens (primary N) is 1. The highest BCUT2D eigenvalue weighted by Gasteiger charge is 2.26. The van der Waals surface area contributed by atoms with Crippen molar-refractivity contribution in [2.45, 2.75) is 25.9 Å². The number of likely N-dealkylation sites (tertiary alicyclic amines) is 1. The molecule has 0 aromatic heterocycles. The highest BCUT2D eigenvalue weighted by molar-refractivity contribution is 5.95. The molecule has 0 saturated carbocycles. The number of hydrogen-bond donors (Lipinski definition) is 1. The zero-order chi connectivity index (χ0) is 14.7. The molecule has 1 aliphatic heterocycles. The maximum absolute atomic E-state index is 13.7. The van der Waals surface area contributed by atoms with Crippen LogP contribution in [0.1, 0.15) is 30.1 Å². The van der Waals surface area contributed by atoms with Crippen LogP contribution in [0.15, 0.2) is 12.1 Å². The van der Waals surface area contributed by atoms with Crippen molar-refractivity contribution in [3.8, 4) is 0 Å². The first-order valence-corrected chi connectivity index (χ1v) is 6.68. The minimum absolute atomic E-state index is 0.0291. The van der Waals surface area contributed by atoms with E-state index in [1.807, 2.05) is 6.92 Å². The minimum atomic E-state index is -0.889. The third-order valence-electron chi connectivity index (χ3n) is 3.38. The number of nitrogens with zero attached hydrogens (tertiary/aromatic N) is 1. The van der Waals surface area contributed by atoms with Gasteiger partial charge in [-0.2, -0.15) is 0 Å². The van der Waals surface area contributed by atoms with E-state index in [-0.39, 0.29) is 17.4 Å². The van der Waals surface area contributed by atoms with Crippen molar-refractivity contribution in [2.75, 3.05) is 25.4 Å². The molecular formula is C14H18F2N2O2. The van der Waals surface area contributed by atoms with E-state index in [0.29, 0.717) is 25.8 Å². The molecule has 1 saturated heterocycles. The van der Waals surface area contributed by atoms with Crippen LogP contribution in [-0.2, 0) is 4.74 Å². The number of anilines is 1. The Kier molecular flexibility index (Phi) is 4.54. The molecule has 1 amide bonds. The van der Waals surface area contributed by atoms with Crippen LogP contribution in [0.4, 0.5) is 14.5 Å². The Balaban J connectivity index is 2.16. The molecule has 4 nitrogen and oxygen atoms in total. The number of piperidine rings is 1. The second kappa shape index (κ2) is 6.17. The zero-order valence-electron chi connectivity index (χ0n) is 11.4. The molecule has 0 bridgehead atoms. The van der Waals surface area contributed by atoms with E-state index in [2.05, 4.69) is 0 Å². The summed E-state index contributed by atoms with van der Waals surface area (Å²) in [4.78, 5) is 13.8. The quantitative estimate of drug-likeness (QED) is 0.866. The van der Waals surface area contributed by atoms with Crippen LogP contribution >= 0.6 is 0 Å². The first-order chi connectivity index (χ1) is 9.52. The van der Waals surface area contributed by atoms with Gasteiger partial charge in [0.25, 0.3) is 5.91 Å². The molecule has 0 aliphatic carbocycles. The molecule has 1 unspecified atom stereocenters. The fourth-order valence-corrected chi connectivity index (χ4v) is 2.39. The van der Waals surface area contributed by atoms with Gasteiger partial charge in [-0.3, -0.25) is 4.79 Å². The average Bonchev–Trinajstić information content (AvgIpc) is 2.43. The van der Waals surface area contributed by atoms with Crippen LogP contribution in [0.5, 0.6) is 0 Å². The number of nitrogen functional groups attached to an aromatic ring is 1. The Morgan fingerprint density at radius 2 is 2.20 bits per heavy atom. The summed E-state index contributed by atoms with van der Waals surface area (Å²) >= 11 is 0. The molecule has 1 fully saturated rings. The van der Waals surface area contributed by atoms with Gasteiger partial charge in [-0.25, -0.2) is 8.78 Å². The van der Waals surface area contributed by atoms with Gasteiger partial charge >= 0.3 is 0 Å². The minimum Gasteiger partial charge on any atom is -0.396 e. The average molecular weight is 284 g/mol. The third-order valence-corrected chi connectivity index (χ3v) is 3.38. The molecule has 1 aromatic carbocycles. The lowest BCUT2D eigenvalue weighted by Crippen LogP contribution is -2.43. The molecule has 20 heavy (non-hydrogen) atoms. The van der Waals surface area contributed by atoms with Crippen LogP contribution in [0.25, 0.3) is 0 Å². The largest absolute Gasteiger partial charge is 0.396 e. The lowest BCUT2D eigenvalue weighted by molar-refractivity contribution is 0.00707. The lowest BCUT2D eigenvalue weighted by atomic mass is 10.1.